The molecule has 1 atom stereocenters. The summed E-state index contributed by atoms with van der Waals surface area (Å²) in [6, 6.07) is 8.55. The van der Waals surface area contributed by atoms with Crippen LogP contribution in [0.2, 0.25) is 5.02 Å². The quantitative estimate of drug-likeness (QED) is 0.711. The van der Waals surface area contributed by atoms with Crippen LogP contribution in [0.5, 0.6) is 0 Å². The normalized spacial score (nSPS) is 14.9. The molecule has 0 aliphatic carbocycles. The van der Waals surface area contributed by atoms with Gasteiger partial charge in [0, 0.05) is 11.8 Å². The van der Waals surface area contributed by atoms with Gasteiger partial charge in [0.2, 0.25) is 17.7 Å². The summed E-state index contributed by atoms with van der Waals surface area (Å²) in [5, 5.41) is 7.61. The van der Waals surface area contributed by atoms with Gasteiger partial charge in [-0.2, -0.15) is 9.97 Å². The molecule has 0 spiro atoms. The van der Waals surface area contributed by atoms with Crippen LogP contribution in [0.1, 0.15) is 18.9 Å². The van der Waals surface area contributed by atoms with Crippen LogP contribution in [0.15, 0.2) is 41.1 Å². The van der Waals surface area contributed by atoms with E-state index in [0.29, 0.717) is 47.2 Å². The molecule has 138 valence electrons. The van der Waals surface area contributed by atoms with Crippen LogP contribution in [0, 0.1) is 0 Å². The van der Waals surface area contributed by atoms with Crippen molar-refractivity contribution in [2.24, 2.45) is 0 Å². The standard InChI is InChI=1S/C17H15ClN6O3/c1-10(15-22-14(23-27-15)11-4-2-3-5-12(11)18)20-16-19-7-6-13(21-16)24-8-9-26-17(24)25/h2-7,10H,8-9H2,1H3,(H,19,20,21). The zero-order chi connectivity index (χ0) is 18.8. The number of hydrogen-bond donors (Lipinski definition) is 1. The lowest BCUT2D eigenvalue weighted by Crippen LogP contribution is -2.25. The van der Waals surface area contributed by atoms with Crippen LogP contribution in [0.25, 0.3) is 11.4 Å². The first-order chi connectivity index (χ1) is 13.1. The molecule has 3 aromatic rings. The van der Waals surface area contributed by atoms with Crippen molar-refractivity contribution in [3.8, 4) is 11.4 Å². The predicted molar refractivity (Wildman–Crippen MR) is 97.5 cm³/mol. The summed E-state index contributed by atoms with van der Waals surface area (Å²) in [5.74, 6) is 1.56. The first-order valence-electron chi connectivity index (χ1n) is 8.24. The van der Waals surface area contributed by atoms with Crippen molar-refractivity contribution in [1.29, 1.82) is 0 Å². The van der Waals surface area contributed by atoms with E-state index < -0.39 is 6.09 Å². The average Bonchev–Trinajstić information content (AvgIpc) is 3.31. The van der Waals surface area contributed by atoms with Gasteiger partial charge in [-0.05, 0) is 25.1 Å². The van der Waals surface area contributed by atoms with E-state index in [2.05, 4.69) is 25.4 Å². The second-order valence-corrected chi connectivity index (χ2v) is 6.21. The van der Waals surface area contributed by atoms with E-state index in [0.717, 1.165) is 0 Å². The van der Waals surface area contributed by atoms with E-state index in [1.165, 1.54) is 4.90 Å². The highest BCUT2D eigenvalue weighted by atomic mass is 35.5. The molecule has 10 heteroatoms. The van der Waals surface area contributed by atoms with Crippen molar-refractivity contribution in [1.82, 2.24) is 20.1 Å². The minimum Gasteiger partial charge on any atom is -0.447 e. The summed E-state index contributed by atoms with van der Waals surface area (Å²) >= 11 is 6.17. The summed E-state index contributed by atoms with van der Waals surface area (Å²) in [6.07, 6.45) is 1.14. The molecule has 1 N–H and O–H groups in total. The monoisotopic (exact) mass is 386 g/mol. The van der Waals surface area contributed by atoms with Crippen molar-refractivity contribution in [3.05, 3.63) is 47.4 Å². The summed E-state index contributed by atoms with van der Waals surface area (Å²) in [6.45, 7) is 2.63. The highest BCUT2D eigenvalue weighted by molar-refractivity contribution is 6.33. The minimum atomic E-state index is -0.422. The van der Waals surface area contributed by atoms with Gasteiger partial charge in [-0.25, -0.2) is 9.78 Å². The molecule has 1 aliphatic rings. The van der Waals surface area contributed by atoms with E-state index in [-0.39, 0.29) is 6.04 Å². The van der Waals surface area contributed by atoms with Gasteiger partial charge in [0.05, 0.1) is 11.6 Å². The Morgan fingerprint density at radius 2 is 2.11 bits per heavy atom. The molecule has 1 amide bonds. The van der Waals surface area contributed by atoms with E-state index in [9.17, 15) is 4.79 Å². The molecular weight excluding hydrogens is 372 g/mol. The Labute approximate surface area is 159 Å². The molecule has 1 aromatic carbocycles. The van der Waals surface area contributed by atoms with Crippen LogP contribution >= 0.6 is 11.6 Å². The second-order valence-electron chi connectivity index (χ2n) is 5.81. The van der Waals surface area contributed by atoms with Crippen molar-refractivity contribution >= 4 is 29.5 Å². The van der Waals surface area contributed by atoms with Gasteiger partial charge >= 0.3 is 6.09 Å². The second kappa shape index (κ2) is 7.20. The fourth-order valence-electron chi connectivity index (χ4n) is 2.59. The molecule has 3 heterocycles. The Morgan fingerprint density at radius 1 is 1.26 bits per heavy atom. The smallest absolute Gasteiger partial charge is 0.415 e. The van der Waals surface area contributed by atoms with Crippen LogP contribution in [0.3, 0.4) is 0 Å². The van der Waals surface area contributed by atoms with Crippen LogP contribution < -0.4 is 10.2 Å². The number of anilines is 2. The van der Waals surface area contributed by atoms with E-state index >= 15 is 0 Å². The van der Waals surface area contributed by atoms with E-state index in [1.807, 2.05) is 25.1 Å². The van der Waals surface area contributed by atoms with Gasteiger partial charge in [-0.3, -0.25) is 4.90 Å². The SMILES string of the molecule is CC(Nc1nccc(N2CCOC2=O)n1)c1nc(-c2ccccc2Cl)no1. The molecule has 2 aromatic heterocycles. The molecule has 4 rings (SSSR count). The number of benzene rings is 1. The first kappa shape index (κ1) is 17.2. The number of carbonyl (C=O) groups is 1. The third kappa shape index (κ3) is 3.54. The highest BCUT2D eigenvalue weighted by Gasteiger charge is 2.25. The number of aromatic nitrogens is 4. The molecule has 0 saturated carbocycles. The number of nitrogens with zero attached hydrogens (tertiary/aromatic N) is 5. The summed E-state index contributed by atoms with van der Waals surface area (Å²) in [7, 11) is 0. The number of hydrogen-bond acceptors (Lipinski definition) is 8. The number of rotatable bonds is 5. The molecule has 1 saturated heterocycles. The van der Waals surface area contributed by atoms with E-state index in [1.54, 1.807) is 18.3 Å². The number of halogens is 1. The van der Waals surface area contributed by atoms with Crippen molar-refractivity contribution in [3.63, 3.8) is 0 Å². The Hall–Kier alpha value is -3.20. The maximum absolute atomic E-state index is 11.7. The third-order valence-corrected chi connectivity index (χ3v) is 4.28. The van der Waals surface area contributed by atoms with Crippen LogP contribution in [-0.4, -0.2) is 39.4 Å². The van der Waals surface area contributed by atoms with Gasteiger partial charge < -0.3 is 14.6 Å². The molecule has 0 bridgehead atoms. The zero-order valence-electron chi connectivity index (χ0n) is 14.3. The number of cyclic esters (lactones) is 1. The van der Waals surface area contributed by atoms with Crippen molar-refractivity contribution in [2.45, 2.75) is 13.0 Å². The maximum Gasteiger partial charge on any atom is 0.415 e. The number of amides is 1. The topological polar surface area (TPSA) is 106 Å². The lowest BCUT2D eigenvalue weighted by atomic mass is 10.2. The number of nitrogens with one attached hydrogen (secondary N) is 1. The average molecular weight is 387 g/mol. The van der Waals surface area contributed by atoms with Gasteiger partial charge in [0.25, 0.3) is 0 Å². The van der Waals surface area contributed by atoms with Crippen LogP contribution in [-0.2, 0) is 4.74 Å². The van der Waals surface area contributed by atoms with E-state index in [4.69, 9.17) is 20.9 Å². The summed E-state index contributed by atoms with van der Waals surface area (Å²) < 4.78 is 10.3. The molecule has 9 nitrogen and oxygen atoms in total. The lowest BCUT2D eigenvalue weighted by Gasteiger charge is -2.14. The fourth-order valence-corrected chi connectivity index (χ4v) is 2.81. The van der Waals surface area contributed by atoms with Crippen LogP contribution in [0.4, 0.5) is 16.6 Å². The molecule has 1 aliphatic heterocycles. The lowest BCUT2D eigenvalue weighted by molar-refractivity contribution is 0.181. The summed E-state index contributed by atoms with van der Waals surface area (Å²) in [4.78, 5) is 26.0. The largest absolute Gasteiger partial charge is 0.447 e. The molecule has 0 radical (unpaired) electrons. The third-order valence-electron chi connectivity index (χ3n) is 3.95. The Kier molecular flexibility index (Phi) is 4.59. The first-order valence-corrected chi connectivity index (χ1v) is 8.62. The molecule has 1 fully saturated rings. The van der Waals surface area contributed by atoms with Gasteiger partial charge in [-0.1, -0.05) is 28.9 Å². The number of ether oxygens (including phenoxy) is 1. The molecule has 1 unspecified atom stereocenters. The van der Waals surface area contributed by atoms with Gasteiger partial charge in [0.1, 0.15) is 18.5 Å². The molecular formula is C17H15ClN6O3. The van der Waals surface area contributed by atoms with Crippen molar-refractivity contribution < 1.29 is 14.1 Å². The Bertz CT molecular complexity index is 979. The minimum absolute atomic E-state index is 0.331. The highest BCUT2D eigenvalue weighted by Crippen LogP contribution is 2.26. The molecule has 27 heavy (non-hydrogen) atoms. The summed E-state index contributed by atoms with van der Waals surface area (Å²) in [5.41, 5.74) is 0.687. The number of carbonyl (C=O) groups excluding carboxylic acids is 1. The maximum atomic E-state index is 11.7. The zero-order valence-corrected chi connectivity index (χ0v) is 15.1. The van der Waals surface area contributed by atoms with Crippen molar-refractivity contribution in [2.75, 3.05) is 23.4 Å². The Balaban J connectivity index is 1.51. The van der Waals surface area contributed by atoms with Gasteiger partial charge in [-0.15, -0.1) is 0 Å². The van der Waals surface area contributed by atoms with Gasteiger partial charge in [0.15, 0.2) is 0 Å². The Morgan fingerprint density at radius 3 is 2.89 bits per heavy atom. The fraction of sp³-hybridized carbons (Fsp3) is 0.235. The predicted octanol–water partition coefficient (Wildman–Crippen LogP) is 3.31.